The molecular weight excluding hydrogens is 475 g/mol. The number of hydrogen-bond acceptors (Lipinski definition) is 6. The predicted molar refractivity (Wildman–Crippen MR) is 111 cm³/mol. The molecule has 0 aromatic heterocycles. The Hall–Kier alpha value is -3.09. The highest BCUT2D eigenvalue weighted by atomic mass is 35.5. The lowest BCUT2D eigenvalue weighted by molar-refractivity contribution is -0.114. The van der Waals surface area contributed by atoms with Crippen LogP contribution < -0.4 is 14.9 Å². The van der Waals surface area contributed by atoms with Gasteiger partial charge >= 0.3 is 6.18 Å². The minimum Gasteiger partial charge on any atom is -0.503 e. The van der Waals surface area contributed by atoms with Crippen molar-refractivity contribution in [2.45, 2.75) is 18.0 Å². The van der Waals surface area contributed by atoms with Crippen molar-refractivity contribution in [1.82, 2.24) is 0 Å². The van der Waals surface area contributed by atoms with Gasteiger partial charge < -0.3 is 9.84 Å². The minimum absolute atomic E-state index is 0.0583. The second kappa shape index (κ2) is 8.45. The van der Waals surface area contributed by atoms with Crippen LogP contribution in [0.3, 0.4) is 0 Å². The summed E-state index contributed by atoms with van der Waals surface area (Å²) in [4.78, 5) is 12.5. The van der Waals surface area contributed by atoms with Gasteiger partial charge in [0.1, 0.15) is 0 Å². The molecule has 0 bridgehead atoms. The number of sulfonamides is 1. The highest BCUT2D eigenvalue weighted by molar-refractivity contribution is 7.89. The highest BCUT2D eigenvalue weighted by Gasteiger charge is 2.46. The van der Waals surface area contributed by atoms with E-state index < -0.39 is 39.1 Å². The number of benzene rings is 2. The van der Waals surface area contributed by atoms with Crippen LogP contribution in [0.5, 0.6) is 11.5 Å². The quantitative estimate of drug-likeness (QED) is 0.623. The second-order valence-corrected chi connectivity index (χ2v) is 8.41. The van der Waals surface area contributed by atoms with E-state index in [0.29, 0.717) is 5.01 Å². The van der Waals surface area contributed by atoms with E-state index in [1.807, 2.05) is 0 Å². The zero-order valence-corrected chi connectivity index (χ0v) is 17.8. The molecule has 0 aliphatic carbocycles. The van der Waals surface area contributed by atoms with Crippen molar-refractivity contribution in [3.63, 3.8) is 0 Å². The normalized spacial score (nSPS) is 15.9. The third-order valence-electron chi connectivity index (χ3n) is 4.22. The number of aromatic hydroxyl groups is 1. The summed E-state index contributed by atoms with van der Waals surface area (Å²) in [5, 5.41) is 18.6. The van der Waals surface area contributed by atoms with Gasteiger partial charge in [0.05, 0.1) is 27.8 Å². The van der Waals surface area contributed by atoms with E-state index >= 15 is 0 Å². The summed E-state index contributed by atoms with van der Waals surface area (Å²) >= 11 is 5.91. The number of alkyl halides is 3. The average molecular weight is 490 g/mol. The van der Waals surface area contributed by atoms with Crippen LogP contribution in [0.25, 0.3) is 6.08 Å². The molecule has 1 aliphatic rings. The Morgan fingerprint density at radius 2 is 1.88 bits per heavy atom. The van der Waals surface area contributed by atoms with Gasteiger partial charge in [-0.1, -0.05) is 11.6 Å². The molecular formula is C19H15ClF3N3O5S. The van der Waals surface area contributed by atoms with Crippen molar-refractivity contribution in [1.29, 1.82) is 0 Å². The number of rotatable bonds is 5. The first-order valence-electron chi connectivity index (χ1n) is 8.83. The minimum atomic E-state index is -4.97. The second-order valence-electron chi connectivity index (χ2n) is 6.44. The molecule has 8 nitrogen and oxygen atoms in total. The van der Waals surface area contributed by atoms with Crippen LogP contribution in [0.2, 0.25) is 5.02 Å². The van der Waals surface area contributed by atoms with Crippen LogP contribution in [0, 0.1) is 0 Å². The van der Waals surface area contributed by atoms with Gasteiger partial charge in [-0.05, 0) is 55.0 Å². The summed E-state index contributed by atoms with van der Waals surface area (Å²) in [5.74, 6) is -1.57. The van der Waals surface area contributed by atoms with Crippen molar-refractivity contribution in [3.05, 3.63) is 52.6 Å². The van der Waals surface area contributed by atoms with E-state index in [4.69, 9.17) is 21.5 Å². The molecule has 0 radical (unpaired) electrons. The highest BCUT2D eigenvalue weighted by Crippen LogP contribution is 2.38. The number of primary sulfonamides is 1. The molecule has 0 spiro atoms. The molecule has 3 rings (SSSR count). The molecule has 32 heavy (non-hydrogen) atoms. The molecule has 1 heterocycles. The van der Waals surface area contributed by atoms with Crippen molar-refractivity contribution in [3.8, 4) is 11.5 Å². The van der Waals surface area contributed by atoms with E-state index in [2.05, 4.69) is 5.10 Å². The predicted octanol–water partition coefficient (Wildman–Crippen LogP) is 3.44. The lowest BCUT2D eigenvalue weighted by Gasteiger charge is -2.12. The molecule has 0 saturated carbocycles. The van der Waals surface area contributed by atoms with E-state index in [0.717, 1.165) is 36.4 Å². The molecule has 2 aromatic rings. The molecule has 3 N–H and O–H groups in total. The number of phenols is 1. The third kappa shape index (κ3) is 4.71. The number of amides is 1. The van der Waals surface area contributed by atoms with Crippen molar-refractivity contribution >= 4 is 45.0 Å². The summed E-state index contributed by atoms with van der Waals surface area (Å²) < 4.78 is 68.7. The Morgan fingerprint density at radius 3 is 2.41 bits per heavy atom. The largest absolute Gasteiger partial charge is 0.503 e. The van der Waals surface area contributed by atoms with E-state index in [9.17, 15) is 31.5 Å². The number of anilines is 1. The summed E-state index contributed by atoms with van der Waals surface area (Å²) in [6.07, 6.45) is -4.05. The van der Waals surface area contributed by atoms with Gasteiger partial charge in [-0.3, -0.25) is 4.79 Å². The van der Waals surface area contributed by atoms with Gasteiger partial charge in [0.25, 0.3) is 5.91 Å². The molecule has 1 amide bonds. The van der Waals surface area contributed by atoms with Crippen LogP contribution in [-0.2, 0) is 14.8 Å². The van der Waals surface area contributed by atoms with Gasteiger partial charge in [-0.25, -0.2) is 13.6 Å². The fourth-order valence-electron chi connectivity index (χ4n) is 2.82. The fraction of sp³-hybridized carbons (Fsp3) is 0.158. The number of ether oxygens (including phenoxy) is 1. The van der Waals surface area contributed by atoms with Crippen LogP contribution in [0.4, 0.5) is 18.9 Å². The number of nitrogens with two attached hydrogens (primary N) is 1. The van der Waals surface area contributed by atoms with Crippen molar-refractivity contribution < 1.29 is 36.2 Å². The number of nitrogens with zero attached hydrogens (tertiary/aromatic N) is 2. The van der Waals surface area contributed by atoms with Crippen LogP contribution in [0.15, 0.2) is 52.0 Å². The lowest BCUT2D eigenvalue weighted by atomic mass is 10.1. The average Bonchev–Trinajstić information content (AvgIpc) is 3.02. The molecule has 0 atom stereocenters. The molecule has 1 aliphatic heterocycles. The zero-order chi connectivity index (χ0) is 23.8. The van der Waals surface area contributed by atoms with Crippen LogP contribution in [0.1, 0.15) is 12.5 Å². The maximum atomic E-state index is 13.6. The first-order valence-corrected chi connectivity index (χ1v) is 10.8. The summed E-state index contributed by atoms with van der Waals surface area (Å²) in [7, 11) is -4.03. The summed E-state index contributed by atoms with van der Waals surface area (Å²) in [5.41, 5.74) is -2.29. The SMILES string of the molecule is CCOc1cc(C=C2C(=O)N(c3ccc(S(N)(=O)=O)cc3)N=C2C(F)(F)F)cc(Cl)c1O. The monoisotopic (exact) mass is 489 g/mol. The van der Waals surface area contributed by atoms with E-state index in [1.165, 1.54) is 6.07 Å². The Labute approximate surface area is 185 Å². The molecule has 0 saturated heterocycles. The van der Waals surface area contributed by atoms with Gasteiger partial charge in [0.2, 0.25) is 10.0 Å². The van der Waals surface area contributed by atoms with Crippen LogP contribution >= 0.6 is 11.6 Å². The molecule has 0 fully saturated rings. The fourth-order valence-corrected chi connectivity index (χ4v) is 3.55. The molecule has 170 valence electrons. The zero-order valence-electron chi connectivity index (χ0n) is 16.2. The van der Waals surface area contributed by atoms with Gasteiger partial charge in [0, 0.05) is 0 Å². The van der Waals surface area contributed by atoms with E-state index in [1.54, 1.807) is 6.92 Å². The summed E-state index contributed by atoms with van der Waals surface area (Å²) in [6, 6.07) is 6.66. The van der Waals surface area contributed by atoms with Gasteiger partial charge in [0.15, 0.2) is 17.2 Å². The first-order chi connectivity index (χ1) is 14.8. The lowest BCUT2D eigenvalue weighted by Crippen LogP contribution is -2.25. The molecule has 13 heteroatoms. The smallest absolute Gasteiger partial charge is 0.435 e. The standard InChI is InChI=1S/C19H15ClF3N3O5S/c1-2-31-15-9-10(8-14(20)16(15)27)7-13-17(19(21,22)23)25-26(18(13)28)11-3-5-12(6-4-11)32(24,29)30/h3-9,27H,2H2,1H3,(H2,24,29,30). The Balaban J connectivity index is 2.08. The Kier molecular flexibility index (Phi) is 6.22. The number of carbonyl (C=O) groups excluding carboxylic acids is 1. The Bertz CT molecular complexity index is 1240. The topological polar surface area (TPSA) is 122 Å². The van der Waals surface area contributed by atoms with E-state index in [-0.39, 0.29) is 33.5 Å². The first kappa shape index (κ1) is 23.6. The van der Waals surface area contributed by atoms with Crippen molar-refractivity contribution in [2.75, 3.05) is 11.6 Å². The van der Waals surface area contributed by atoms with Crippen LogP contribution in [-0.4, -0.2) is 37.9 Å². The number of carbonyl (C=O) groups is 1. The molecule has 2 aromatic carbocycles. The number of hydrogen-bond donors (Lipinski definition) is 2. The third-order valence-corrected chi connectivity index (χ3v) is 5.44. The van der Waals surface area contributed by atoms with Crippen molar-refractivity contribution in [2.24, 2.45) is 10.2 Å². The number of phenolic OH excluding ortho intramolecular Hbond substituents is 1. The Morgan fingerprint density at radius 1 is 1.25 bits per heavy atom. The molecule has 0 unspecified atom stereocenters. The summed E-state index contributed by atoms with van der Waals surface area (Å²) in [6.45, 7) is 1.78. The number of halogens is 4. The maximum absolute atomic E-state index is 13.6. The number of hydrazone groups is 1. The maximum Gasteiger partial charge on any atom is 0.435 e. The van der Waals surface area contributed by atoms with Gasteiger partial charge in [-0.15, -0.1) is 0 Å². The van der Waals surface area contributed by atoms with Gasteiger partial charge in [-0.2, -0.15) is 23.3 Å².